The summed E-state index contributed by atoms with van der Waals surface area (Å²) in [5, 5.41) is 3.45. The first-order valence-electron chi connectivity index (χ1n) is 9.60. The second-order valence-electron chi connectivity index (χ2n) is 7.67. The summed E-state index contributed by atoms with van der Waals surface area (Å²) in [6.07, 6.45) is 3.41. The molecule has 26 heavy (non-hydrogen) atoms. The van der Waals surface area contributed by atoms with Crippen molar-refractivity contribution < 1.29 is 9.13 Å². The fraction of sp³-hybridized carbons (Fsp3) is 0.650. The normalized spacial score (nSPS) is 30.9. The van der Waals surface area contributed by atoms with Crippen LogP contribution < -0.4 is 5.32 Å². The van der Waals surface area contributed by atoms with Crippen molar-refractivity contribution in [3.05, 3.63) is 35.6 Å². The van der Waals surface area contributed by atoms with Crippen LogP contribution in [0.15, 0.2) is 29.3 Å². The van der Waals surface area contributed by atoms with Gasteiger partial charge >= 0.3 is 0 Å². The van der Waals surface area contributed by atoms with Crippen molar-refractivity contribution in [2.24, 2.45) is 16.8 Å². The summed E-state index contributed by atoms with van der Waals surface area (Å²) >= 11 is 0. The van der Waals surface area contributed by atoms with Gasteiger partial charge < -0.3 is 15.0 Å². The van der Waals surface area contributed by atoms with Gasteiger partial charge in [0.15, 0.2) is 5.96 Å². The molecule has 0 saturated carbocycles. The first-order valence-corrected chi connectivity index (χ1v) is 9.60. The van der Waals surface area contributed by atoms with Gasteiger partial charge in [0.1, 0.15) is 5.82 Å². The number of fused-ring (bicyclic) bond motifs is 5. The second kappa shape index (κ2) is 8.42. The van der Waals surface area contributed by atoms with E-state index < -0.39 is 0 Å². The maximum absolute atomic E-state index is 13.1. The molecule has 3 aliphatic rings. The lowest BCUT2D eigenvalue weighted by atomic mass is 9.82. The predicted molar refractivity (Wildman–Crippen MR) is 113 cm³/mol. The molecule has 0 amide bonds. The lowest BCUT2D eigenvalue weighted by Crippen LogP contribution is -2.41. The zero-order valence-electron chi connectivity index (χ0n) is 15.5. The molecule has 3 heterocycles. The molecule has 3 fully saturated rings. The molecule has 0 aliphatic carbocycles. The Morgan fingerprint density at radius 3 is 2.42 bits per heavy atom. The van der Waals surface area contributed by atoms with Gasteiger partial charge in [0.25, 0.3) is 0 Å². The van der Waals surface area contributed by atoms with Crippen LogP contribution >= 0.6 is 24.0 Å². The van der Waals surface area contributed by atoms with E-state index in [-0.39, 0.29) is 35.7 Å². The third-order valence-corrected chi connectivity index (χ3v) is 6.04. The zero-order valence-corrected chi connectivity index (χ0v) is 17.9. The Kier molecular flexibility index (Phi) is 6.43. The number of halogens is 2. The Hall–Kier alpha value is -0.890. The molecular weight excluding hydrogens is 444 g/mol. The minimum absolute atomic E-state index is 0. The summed E-state index contributed by atoms with van der Waals surface area (Å²) in [5.41, 5.74) is 1.13. The van der Waals surface area contributed by atoms with Gasteiger partial charge in [-0.3, -0.25) is 4.99 Å². The average molecular weight is 473 g/mol. The monoisotopic (exact) mass is 473 g/mol. The van der Waals surface area contributed by atoms with Crippen LogP contribution in [0.3, 0.4) is 0 Å². The van der Waals surface area contributed by atoms with E-state index in [2.05, 4.69) is 24.1 Å². The van der Waals surface area contributed by atoms with E-state index >= 15 is 0 Å². The van der Waals surface area contributed by atoms with Crippen LogP contribution in [-0.2, 0) is 4.74 Å². The number of hydrogen-bond acceptors (Lipinski definition) is 2. The lowest BCUT2D eigenvalue weighted by molar-refractivity contribution is 0.0767. The summed E-state index contributed by atoms with van der Waals surface area (Å²) in [7, 11) is 0. The zero-order chi connectivity index (χ0) is 17.4. The van der Waals surface area contributed by atoms with E-state index in [4.69, 9.17) is 9.73 Å². The minimum Gasteiger partial charge on any atom is -0.374 e. The first-order chi connectivity index (χ1) is 12.2. The van der Waals surface area contributed by atoms with Crippen LogP contribution in [0.1, 0.15) is 38.2 Å². The van der Waals surface area contributed by atoms with E-state index in [0.717, 1.165) is 31.2 Å². The SMILES string of the molecule is CCNC(=NCC(C)c1ccc(F)cc1)N1CC2C3CCC(O3)C2C1.I. The topological polar surface area (TPSA) is 36.9 Å². The third kappa shape index (κ3) is 3.86. The molecule has 0 spiro atoms. The molecule has 6 heteroatoms. The highest BCUT2D eigenvalue weighted by Gasteiger charge is 2.53. The molecule has 144 valence electrons. The van der Waals surface area contributed by atoms with E-state index in [1.807, 2.05) is 12.1 Å². The number of rotatable bonds is 4. The molecule has 5 unspecified atom stereocenters. The largest absolute Gasteiger partial charge is 0.374 e. The van der Waals surface area contributed by atoms with Gasteiger partial charge in [0.2, 0.25) is 0 Å². The van der Waals surface area contributed by atoms with Gasteiger partial charge in [-0.2, -0.15) is 0 Å². The molecular formula is C20H29FIN3O. The van der Waals surface area contributed by atoms with Crippen molar-refractivity contribution in [1.82, 2.24) is 10.2 Å². The number of ether oxygens (including phenoxy) is 1. The van der Waals surface area contributed by atoms with E-state index in [9.17, 15) is 4.39 Å². The van der Waals surface area contributed by atoms with Crippen LogP contribution in [0.5, 0.6) is 0 Å². The van der Waals surface area contributed by atoms with Crippen LogP contribution in [0, 0.1) is 17.7 Å². The lowest BCUT2D eigenvalue weighted by Gasteiger charge is -2.24. The second-order valence-corrected chi connectivity index (χ2v) is 7.67. The number of nitrogens with zero attached hydrogens (tertiary/aromatic N) is 2. The Bertz CT molecular complexity index is 620. The Balaban J connectivity index is 0.00000196. The molecule has 3 saturated heterocycles. The Morgan fingerprint density at radius 2 is 1.85 bits per heavy atom. The summed E-state index contributed by atoms with van der Waals surface area (Å²) < 4.78 is 19.2. The van der Waals surface area contributed by atoms with Gasteiger partial charge in [0.05, 0.1) is 12.2 Å². The van der Waals surface area contributed by atoms with E-state index in [1.54, 1.807) is 0 Å². The number of likely N-dealkylation sites (tertiary alicyclic amines) is 1. The van der Waals surface area contributed by atoms with Gasteiger partial charge in [-0.25, -0.2) is 4.39 Å². The number of nitrogens with one attached hydrogen (secondary N) is 1. The summed E-state index contributed by atoms with van der Waals surface area (Å²) in [5.74, 6) is 2.46. The highest BCUT2D eigenvalue weighted by atomic mass is 127. The molecule has 1 aromatic carbocycles. The van der Waals surface area contributed by atoms with Crippen molar-refractivity contribution >= 4 is 29.9 Å². The molecule has 3 aliphatic heterocycles. The maximum Gasteiger partial charge on any atom is 0.193 e. The van der Waals surface area contributed by atoms with Gasteiger partial charge in [0, 0.05) is 43.9 Å². The Morgan fingerprint density at radius 1 is 1.23 bits per heavy atom. The molecule has 2 bridgehead atoms. The van der Waals surface area contributed by atoms with Crippen LogP contribution in [0.4, 0.5) is 4.39 Å². The van der Waals surface area contributed by atoms with Crippen LogP contribution in [-0.4, -0.2) is 49.2 Å². The highest BCUT2D eigenvalue weighted by Crippen LogP contribution is 2.47. The van der Waals surface area contributed by atoms with Crippen molar-refractivity contribution in [2.75, 3.05) is 26.2 Å². The van der Waals surface area contributed by atoms with E-state index in [0.29, 0.717) is 30.6 Å². The van der Waals surface area contributed by atoms with Crippen LogP contribution in [0.2, 0.25) is 0 Å². The molecule has 4 nitrogen and oxygen atoms in total. The summed E-state index contributed by atoms with van der Waals surface area (Å²) in [6, 6.07) is 6.77. The predicted octanol–water partition coefficient (Wildman–Crippen LogP) is 3.62. The standard InChI is InChI=1S/C20H28FN3O.HI/c1-3-22-20(23-10-13(2)14-4-6-15(21)7-5-14)24-11-16-17(12-24)19-9-8-18(16)25-19;/h4-7,13,16-19H,3,8-12H2,1-2H3,(H,22,23);1H. The summed E-state index contributed by atoms with van der Waals surface area (Å²) in [6.45, 7) is 7.96. The Labute approximate surface area is 172 Å². The fourth-order valence-corrected chi connectivity index (χ4v) is 4.68. The summed E-state index contributed by atoms with van der Waals surface area (Å²) in [4.78, 5) is 7.31. The quantitative estimate of drug-likeness (QED) is 0.413. The van der Waals surface area contributed by atoms with Gasteiger partial charge in [-0.15, -0.1) is 24.0 Å². The number of aliphatic imine (C=N–C) groups is 1. The van der Waals surface area contributed by atoms with Gasteiger partial charge in [-0.1, -0.05) is 19.1 Å². The number of hydrogen-bond donors (Lipinski definition) is 1. The van der Waals surface area contributed by atoms with E-state index in [1.165, 1.54) is 25.0 Å². The molecule has 0 radical (unpaired) electrons. The third-order valence-electron chi connectivity index (χ3n) is 6.04. The smallest absolute Gasteiger partial charge is 0.193 e. The highest BCUT2D eigenvalue weighted by molar-refractivity contribution is 14.0. The average Bonchev–Trinajstić information content (AvgIpc) is 3.31. The minimum atomic E-state index is -0.187. The fourth-order valence-electron chi connectivity index (χ4n) is 4.68. The van der Waals surface area contributed by atoms with Crippen molar-refractivity contribution in [1.29, 1.82) is 0 Å². The van der Waals surface area contributed by atoms with Crippen molar-refractivity contribution in [3.63, 3.8) is 0 Å². The molecule has 0 aromatic heterocycles. The van der Waals surface area contributed by atoms with Crippen molar-refractivity contribution in [3.8, 4) is 0 Å². The molecule has 1 N–H and O–H groups in total. The molecule has 1 aromatic rings. The van der Waals surface area contributed by atoms with Gasteiger partial charge in [-0.05, 0) is 37.5 Å². The van der Waals surface area contributed by atoms with Crippen LogP contribution in [0.25, 0.3) is 0 Å². The maximum atomic E-state index is 13.1. The first kappa shape index (κ1) is 19.9. The number of guanidine groups is 1. The molecule has 4 rings (SSSR count). The number of benzene rings is 1. The van der Waals surface area contributed by atoms with Crippen molar-refractivity contribution in [2.45, 2.75) is 44.8 Å². The molecule has 5 atom stereocenters.